The van der Waals surface area contributed by atoms with E-state index in [1.165, 1.54) is 31.5 Å². The van der Waals surface area contributed by atoms with Gasteiger partial charge in [0.25, 0.3) is 17.5 Å². The Hall–Kier alpha value is -3.71. The van der Waals surface area contributed by atoms with Crippen LogP contribution in [0.25, 0.3) is 0 Å². The van der Waals surface area contributed by atoms with E-state index in [1.54, 1.807) is 36.4 Å². The lowest BCUT2D eigenvalue weighted by Crippen LogP contribution is -2.20. The maximum Gasteiger partial charge on any atom is 0.271 e. The number of anilines is 1. The van der Waals surface area contributed by atoms with Gasteiger partial charge in [0, 0.05) is 28.4 Å². The number of carbonyl (C=O) groups excluding carboxylic acids is 2. The lowest BCUT2D eigenvalue weighted by Gasteiger charge is -2.13. The van der Waals surface area contributed by atoms with Gasteiger partial charge in [-0.1, -0.05) is 17.7 Å². The Morgan fingerprint density at radius 2 is 1.91 bits per heavy atom. The summed E-state index contributed by atoms with van der Waals surface area (Å²) in [4.78, 5) is 34.7. The molecular formula is C23H18ClIN4O6. The van der Waals surface area contributed by atoms with Crippen molar-refractivity contribution in [2.24, 2.45) is 5.10 Å². The van der Waals surface area contributed by atoms with Crippen LogP contribution in [0, 0.1) is 13.7 Å². The summed E-state index contributed by atoms with van der Waals surface area (Å²) in [6.07, 6.45) is 1.39. The third kappa shape index (κ3) is 7.39. The van der Waals surface area contributed by atoms with Gasteiger partial charge in [0.2, 0.25) is 0 Å². The van der Waals surface area contributed by atoms with Gasteiger partial charge in [-0.2, -0.15) is 5.10 Å². The summed E-state index contributed by atoms with van der Waals surface area (Å²) in [7, 11) is 1.46. The first-order chi connectivity index (χ1) is 16.8. The van der Waals surface area contributed by atoms with Crippen LogP contribution in [0.2, 0.25) is 5.02 Å². The maximum atomic E-state index is 12.2. The number of hydrogen-bond acceptors (Lipinski definition) is 7. The van der Waals surface area contributed by atoms with Gasteiger partial charge in [0.05, 0.1) is 21.8 Å². The Kier molecular flexibility index (Phi) is 8.98. The van der Waals surface area contributed by atoms with Gasteiger partial charge in [-0.3, -0.25) is 19.7 Å². The van der Waals surface area contributed by atoms with Crippen molar-refractivity contribution in [2.75, 3.05) is 19.0 Å². The van der Waals surface area contributed by atoms with E-state index in [0.717, 1.165) is 6.07 Å². The van der Waals surface area contributed by atoms with Crippen molar-refractivity contribution >= 4 is 63.6 Å². The topological polar surface area (TPSA) is 132 Å². The molecule has 3 aromatic carbocycles. The van der Waals surface area contributed by atoms with E-state index in [1.807, 2.05) is 22.6 Å². The minimum Gasteiger partial charge on any atom is -0.493 e. The molecule has 0 fully saturated rings. The molecule has 3 aromatic rings. The van der Waals surface area contributed by atoms with E-state index < -0.39 is 10.8 Å². The summed E-state index contributed by atoms with van der Waals surface area (Å²) in [6.45, 7) is -0.248. The van der Waals surface area contributed by atoms with Gasteiger partial charge in [-0.15, -0.1) is 0 Å². The molecule has 0 unspecified atom stereocenters. The number of benzene rings is 3. The first kappa shape index (κ1) is 25.9. The number of methoxy groups -OCH3 is 1. The predicted molar refractivity (Wildman–Crippen MR) is 139 cm³/mol. The number of nitro benzene ring substituents is 1. The summed E-state index contributed by atoms with van der Waals surface area (Å²) in [6, 6.07) is 15.3. The number of rotatable bonds is 9. The molecule has 10 nitrogen and oxygen atoms in total. The Morgan fingerprint density at radius 3 is 2.60 bits per heavy atom. The van der Waals surface area contributed by atoms with E-state index in [0.29, 0.717) is 31.3 Å². The third-order valence-corrected chi connectivity index (χ3v) is 5.48. The van der Waals surface area contributed by atoms with E-state index in [-0.39, 0.29) is 23.8 Å². The smallest absolute Gasteiger partial charge is 0.271 e. The van der Waals surface area contributed by atoms with Crippen LogP contribution in [-0.4, -0.2) is 36.7 Å². The summed E-state index contributed by atoms with van der Waals surface area (Å²) >= 11 is 7.87. The van der Waals surface area contributed by atoms with E-state index in [9.17, 15) is 19.7 Å². The van der Waals surface area contributed by atoms with Crippen molar-refractivity contribution in [3.63, 3.8) is 0 Å². The van der Waals surface area contributed by atoms with Crippen LogP contribution >= 0.6 is 34.2 Å². The molecule has 0 bridgehead atoms. The predicted octanol–water partition coefficient (Wildman–Crippen LogP) is 4.64. The zero-order valence-electron chi connectivity index (χ0n) is 18.2. The molecule has 0 saturated carbocycles. The third-order valence-electron chi connectivity index (χ3n) is 4.43. The average molecular weight is 609 g/mol. The number of ether oxygens (including phenoxy) is 2. The quantitative estimate of drug-likeness (QED) is 0.157. The minimum atomic E-state index is -0.599. The second-order valence-electron chi connectivity index (χ2n) is 6.88. The van der Waals surface area contributed by atoms with Gasteiger partial charge in [0.1, 0.15) is 0 Å². The molecule has 2 amide bonds. The van der Waals surface area contributed by atoms with E-state index in [4.69, 9.17) is 21.1 Å². The zero-order chi connectivity index (χ0) is 25.4. The highest BCUT2D eigenvalue weighted by molar-refractivity contribution is 14.1. The van der Waals surface area contributed by atoms with Crippen molar-refractivity contribution in [3.8, 4) is 11.5 Å². The first-order valence-electron chi connectivity index (χ1n) is 9.90. The molecule has 0 heterocycles. The summed E-state index contributed by atoms with van der Waals surface area (Å²) in [5.74, 6) is -0.224. The van der Waals surface area contributed by atoms with Crippen molar-refractivity contribution < 1.29 is 24.0 Å². The number of amides is 2. The number of nitro groups is 1. The maximum absolute atomic E-state index is 12.2. The normalized spacial score (nSPS) is 10.6. The fraction of sp³-hybridized carbons (Fsp3) is 0.0870. The van der Waals surface area contributed by atoms with Crippen LogP contribution < -0.4 is 20.2 Å². The van der Waals surface area contributed by atoms with Crippen LogP contribution in [0.5, 0.6) is 11.5 Å². The molecule has 0 radical (unpaired) electrons. The Morgan fingerprint density at radius 1 is 1.17 bits per heavy atom. The number of hydrazone groups is 1. The SMILES string of the molecule is COc1cc(/C=N/NC(=O)c2cccc([N+](=O)[O-])c2)cc(I)c1OCC(=O)Nc1ccc(Cl)cc1. The number of non-ortho nitro benzene ring substituents is 1. The van der Waals surface area contributed by atoms with Gasteiger partial charge in [-0.25, -0.2) is 5.43 Å². The fourth-order valence-corrected chi connectivity index (χ4v) is 3.72. The lowest BCUT2D eigenvalue weighted by atomic mass is 10.2. The van der Waals surface area contributed by atoms with Crippen molar-refractivity contribution in [3.05, 3.63) is 90.5 Å². The molecule has 3 rings (SSSR count). The molecule has 0 spiro atoms. The molecule has 35 heavy (non-hydrogen) atoms. The second kappa shape index (κ2) is 12.1. The summed E-state index contributed by atoms with van der Waals surface area (Å²) < 4.78 is 11.7. The van der Waals surface area contributed by atoms with E-state index >= 15 is 0 Å². The van der Waals surface area contributed by atoms with Crippen molar-refractivity contribution in [1.82, 2.24) is 5.43 Å². The molecule has 0 atom stereocenters. The molecule has 2 N–H and O–H groups in total. The minimum absolute atomic E-state index is 0.101. The molecule has 0 aliphatic carbocycles. The Labute approximate surface area is 218 Å². The van der Waals surface area contributed by atoms with Gasteiger partial charge in [0.15, 0.2) is 18.1 Å². The van der Waals surface area contributed by atoms with Crippen LogP contribution in [0.15, 0.2) is 65.8 Å². The van der Waals surface area contributed by atoms with Crippen molar-refractivity contribution in [2.45, 2.75) is 0 Å². The summed E-state index contributed by atoms with van der Waals surface area (Å²) in [5, 5.41) is 18.0. The van der Waals surface area contributed by atoms with Crippen LogP contribution in [0.3, 0.4) is 0 Å². The molecule has 180 valence electrons. The monoisotopic (exact) mass is 608 g/mol. The van der Waals surface area contributed by atoms with Gasteiger partial charge >= 0.3 is 0 Å². The van der Waals surface area contributed by atoms with E-state index in [2.05, 4.69) is 15.8 Å². The number of halogens is 2. The molecule has 0 aliphatic rings. The first-order valence-corrected chi connectivity index (χ1v) is 11.4. The fourth-order valence-electron chi connectivity index (χ4n) is 2.81. The molecule has 12 heteroatoms. The lowest BCUT2D eigenvalue weighted by molar-refractivity contribution is -0.384. The highest BCUT2D eigenvalue weighted by Crippen LogP contribution is 2.33. The molecule has 0 saturated heterocycles. The van der Waals surface area contributed by atoms with Crippen LogP contribution in [0.1, 0.15) is 15.9 Å². The highest BCUT2D eigenvalue weighted by atomic mass is 127. The molecular weight excluding hydrogens is 591 g/mol. The highest BCUT2D eigenvalue weighted by Gasteiger charge is 2.14. The molecule has 0 aliphatic heterocycles. The number of nitrogens with zero attached hydrogens (tertiary/aromatic N) is 2. The Balaban J connectivity index is 1.63. The molecule has 0 aromatic heterocycles. The zero-order valence-corrected chi connectivity index (χ0v) is 21.1. The Bertz CT molecular complexity index is 1280. The van der Waals surface area contributed by atoms with Gasteiger partial charge < -0.3 is 14.8 Å². The number of hydrogen-bond donors (Lipinski definition) is 2. The number of carbonyl (C=O) groups is 2. The number of nitrogens with one attached hydrogen (secondary N) is 2. The van der Waals surface area contributed by atoms with Crippen molar-refractivity contribution in [1.29, 1.82) is 0 Å². The van der Waals surface area contributed by atoms with Crippen LogP contribution in [-0.2, 0) is 4.79 Å². The standard InChI is InChI=1S/C23H18ClIN4O6/c1-34-20-10-14(12-26-28-23(31)15-3-2-4-18(11-15)29(32)33)9-19(25)22(20)35-13-21(30)27-17-7-5-16(24)6-8-17/h2-12H,13H2,1H3,(H,27,30)(H,28,31)/b26-12+. The second-order valence-corrected chi connectivity index (χ2v) is 8.48. The summed E-state index contributed by atoms with van der Waals surface area (Å²) in [5.41, 5.74) is 3.40. The van der Waals surface area contributed by atoms with Gasteiger partial charge in [-0.05, 0) is 70.6 Å². The van der Waals surface area contributed by atoms with Crippen LogP contribution in [0.4, 0.5) is 11.4 Å². The largest absolute Gasteiger partial charge is 0.493 e. The average Bonchev–Trinajstić information content (AvgIpc) is 2.84.